The van der Waals surface area contributed by atoms with E-state index in [1.54, 1.807) is 24.1 Å². The largest absolute Gasteiger partial charge is 0.334 e. The van der Waals surface area contributed by atoms with Gasteiger partial charge in [-0.25, -0.2) is 0 Å². The van der Waals surface area contributed by atoms with Gasteiger partial charge in [0.25, 0.3) is 5.91 Å². The summed E-state index contributed by atoms with van der Waals surface area (Å²) in [4.78, 5) is 25.2. The van der Waals surface area contributed by atoms with Gasteiger partial charge in [0.15, 0.2) is 0 Å². The molecule has 1 unspecified atom stereocenters. The molecule has 0 bridgehead atoms. The third-order valence-corrected chi connectivity index (χ3v) is 3.14. The van der Waals surface area contributed by atoms with Gasteiger partial charge < -0.3 is 4.90 Å². The third-order valence-electron chi connectivity index (χ3n) is 3.14. The van der Waals surface area contributed by atoms with E-state index in [2.05, 4.69) is 10.2 Å². The van der Waals surface area contributed by atoms with Crippen LogP contribution in [0.3, 0.4) is 0 Å². The zero-order valence-corrected chi connectivity index (χ0v) is 9.98. The number of Topliss-reactive ketones (excluding diaryl/α,β-unsaturated/α-hetero) is 1. The zero-order chi connectivity index (χ0) is 12.3. The van der Waals surface area contributed by atoms with Crippen LogP contribution in [0.2, 0.25) is 0 Å². The molecule has 2 heterocycles. The second-order valence-corrected chi connectivity index (χ2v) is 4.52. The van der Waals surface area contributed by atoms with Gasteiger partial charge >= 0.3 is 0 Å². The van der Waals surface area contributed by atoms with Crippen LogP contribution < -0.4 is 0 Å². The minimum absolute atomic E-state index is 0.0477. The quantitative estimate of drug-likeness (QED) is 0.860. The van der Waals surface area contributed by atoms with E-state index in [1.807, 2.05) is 0 Å². The van der Waals surface area contributed by atoms with E-state index in [0.717, 1.165) is 25.8 Å². The Kier molecular flexibility index (Phi) is 3.56. The molecule has 0 aliphatic carbocycles. The standard InChI is InChI=1S/C12H17N3O2/c1-9(16)8-10-4-2-3-7-15(10)12(17)11-5-6-13-14-11/h5-6,10H,2-4,7-8H2,1H3,(H,13,14). The van der Waals surface area contributed by atoms with Crippen LogP contribution in [0.4, 0.5) is 0 Å². The van der Waals surface area contributed by atoms with Crippen LogP contribution in [0.1, 0.15) is 43.1 Å². The minimum Gasteiger partial charge on any atom is -0.334 e. The van der Waals surface area contributed by atoms with Gasteiger partial charge in [-0.05, 0) is 32.3 Å². The Morgan fingerprint density at radius 2 is 2.35 bits per heavy atom. The number of hydrogen-bond donors (Lipinski definition) is 1. The third kappa shape index (κ3) is 2.72. The summed E-state index contributed by atoms with van der Waals surface area (Å²) in [7, 11) is 0. The molecule has 5 heteroatoms. The van der Waals surface area contributed by atoms with Crippen LogP contribution in [0, 0.1) is 0 Å². The monoisotopic (exact) mass is 235 g/mol. The average molecular weight is 235 g/mol. The van der Waals surface area contributed by atoms with Crippen LogP contribution in [0.25, 0.3) is 0 Å². The molecule has 2 rings (SSSR count). The van der Waals surface area contributed by atoms with Gasteiger partial charge in [0, 0.05) is 25.2 Å². The molecule has 1 saturated heterocycles. The van der Waals surface area contributed by atoms with E-state index in [4.69, 9.17) is 0 Å². The summed E-state index contributed by atoms with van der Waals surface area (Å²) in [5.74, 6) is 0.0905. The fraction of sp³-hybridized carbons (Fsp3) is 0.583. The van der Waals surface area contributed by atoms with Crippen molar-refractivity contribution >= 4 is 11.7 Å². The molecule has 1 aromatic heterocycles. The van der Waals surface area contributed by atoms with Gasteiger partial charge in [-0.1, -0.05) is 0 Å². The van der Waals surface area contributed by atoms with Crippen molar-refractivity contribution in [3.05, 3.63) is 18.0 Å². The molecule has 0 spiro atoms. The molecule has 0 radical (unpaired) electrons. The van der Waals surface area contributed by atoms with Crippen LogP contribution in [-0.2, 0) is 4.79 Å². The van der Waals surface area contributed by atoms with Gasteiger partial charge in [0.1, 0.15) is 11.5 Å². The highest BCUT2D eigenvalue weighted by Gasteiger charge is 2.28. The van der Waals surface area contributed by atoms with Crippen molar-refractivity contribution in [1.82, 2.24) is 15.1 Å². The molecule has 1 amide bonds. The van der Waals surface area contributed by atoms with E-state index in [9.17, 15) is 9.59 Å². The fourth-order valence-corrected chi connectivity index (χ4v) is 2.34. The highest BCUT2D eigenvalue weighted by atomic mass is 16.2. The number of nitrogens with one attached hydrogen (secondary N) is 1. The molecule has 5 nitrogen and oxygen atoms in total. The van der Waals surface area contributed by atoms with Crippen molar-refractivity contribution in [2.24, 2.45) is 0 Å². The highest BCUT2D eigenvalue weighted by molar-refractivity contribution is 5.92. The molecule has 1 aliphatic heterocycles. The number of likely N-dealkylation sites (tertiary alicyclic amines) is 1. The van der Waals surface area contributed by atoms with E-state index < -0.39 is 0 Å². The number of H-pyrrole nitrogens is 1. The lowest BCUT2D eigenvalue weighted by Crippen LogP contribution is -2.44. The summed E-state index contributed by atoms with van der Waals surface area (Å²) < 4.78 is 0. The number of aromatic nitrogens is 2. The maximum absolute atomic E-state index is 12.2. The van der Waals surface area contributed by atoms with E-state index in [0.29, 0.717) is 12.1 Å². The number of ketones is 1. The lowest BCUT2D eigenvalue weighted by Gasteiger charge is -2.35. The van der Waals surface area contributed by atoms with Gasteiger partial charge in [0.2, 0.25) is 0 Å². The molecule has 1 fully saturated rings. The Balaban J connectivity index is 2.10. The molecule has 1 aliphatic rings. The Labute approximate surface area is 100 Å². The summed E-state index contributed by atoms with van der Waals surface area (Å²) in [6, 6.07) is 1.72. The van der Waals surface area contributed by atoms with Crippen molar-refractivity contribution in [3.63, 3.8) is 0 Å². The predicted octanol–water partition coefficient (Wildman–Crippen LogP) is 1.38. The van der Waals surface area contributed by atoms with Crippen molar-refractivity contribution < 1.29 is 9.59 Å². The van der Waals surface area contributed by atoms with Crippen molar-refractivity contribution in [2.75, 3.05) is 6.54 Å². The topological polar surface area (TPSA) is 66.1 Å². The number of carbonyl (C=O) groups is 2. The van der Waals surface area contributed by atoms with Crippen molar-refractivity contribution in [3.8, 4) is 0 Å². The van der Waals surface area contributed by atoms with E-state index >= 15 is 0 Å². The second kappa shape index (κ2) is 5.12. The van der Waals surface area contributed by atoms with Crippen molar-refractivity contribution in [1.29, 1.82) is 0 Å². The Morgan fingerprint density at radius 3 is 3.00 bits per heavy atom. The van der Waals surface area contributed by atoms with Crippen LogP contribution in [0.5, 0.6) is 0 Å². The van der Waals surface area contributed by atoms with Crippen LogP contribution in [-0.4, -0.2) is 39.4 Å². The number of nitrogens with zero attached hydrogens (tertiary/aromatic N) is 2. The Morgan fingerprint density at radius 1 is 1.53 bits per heavy atom. The van der Waals surface area contributed by atoms with Gasteiger partial charge in [0.05, 0.1) is 0 Å². The summed E-state index contributed by atoms with van der Waals surface area (Å²) in [5, 5.41) is 6.47. The summed E-state index contributed by atoms with van der Waals surface area (Å²) in [6.07, 6.45) is 5.04. The predicted molar refractivity (Wildman–Crippen MR) is 62.6 cm³/mol. The van der Waals surface area contributed by atoms with Crippen LogP contribution >= 0.6 is 0 Å². The first-order valence-electron chi connectivity index (χ1n) is 5.98. The first-order valence-corrected chi connectivity index (χ1v) is 5.98. The maximum Gasteiger partial charge on any atom is 0.272 e. The van der Waals surface area contributed by atoms with Gasteiger partial charge in [-0.3, -0.25) is 14.7 Å². The summed E-state index contributed by atoms with van der Waals surface area (Å²) in [6.45, 7) is 2.31. The maximum atomic E-state index is 12.2. The number of rotatable bonds is 3. The smallest absolute Gasteiger partial charge is 0.272 e. The normalized spacial score (nSPS) is 20.3. The molecular weight excluding hydrogens is 218 g/mol. The summed E-state index contributed by atoms with van der Waals surface area (Å²) >= 11 is 0. The molecule has 1 atom stereocenters. The number of hydrogen-bond acceptors (Lipinski definition) is 3. The first-order chi connectivity index (χ1) is 8.18. The molecule has 1 aromatic rings. The fourth-order valence-electron chi connectivity index (χ4n) is 2.34. The molecular formula is C12H17N3O2. The van der Waals surface area contributed by atoms with Gasteiger partial charge in [-0.2, -0.15) is 5.10 Å². The Hall–Kier alpha value is -1.65. The highest BCUT2D eigenvalue weighted by Crippen LogP contribution is 2.21. The zero-order valence-electron chi connectivity index (χ0n) is 9.98. The molecule has 0 saturated carbocycles. The van der Waals surface area contributed by atoms with E-state index in [1.165, 1.54) is 0 Å². The van der Waals surface area contributed by atoms with Crippen molar-refractivity contribution in [2.45, 2.75) is 38.6 Å². The van der Waals surface area contributed by atoms with Crippen LogP contribution in [0.15, 0.2) is 12.3 Å². The summed E-state index contributed by atoms with van der Waals surface area (Å²) in [5.41, 5.74) is 0.500. The first kappa shape index (κ1) is 11.8. The molecule has 1 N–H and O–H groups in total. The number of piperidine rings is 1. The second-order valence-electron chi connectivity index (χ2n) is 4.52. The molecule has 92 valence electrons. The Bertz CT molecular complexity index is 400. The number of aromatic amines is 1. The number of amides is 1. The molecule has 0 aromatic carbocycles. The van der Waals surface area contributed by atoms with E-state index in [-0.39, 0.29) is 17.7 Å². The average Bonchev–Trinajstić information content (AvgIpc) is 2.81. The molecule has 17 heavy (non-hydrogen) atoms. The van der Waals surface area contributed by atoms with Gasteiger partial charge in [-0.15, -0.1) is 0 Å². The SMILES string of the molecule is CC(=O)CC1CCCCN1C(=O)c1ccn[nH]1. The lowest BCUT2D eigenvalue weighted by atomic mass is 9.97. The lowest BCUT2D eigenvalue weighted by molar-refractivity contribution is -0.118. The minimum atomic E-state index is -0.0477. The number of carbonyl (C=O) groups excluding carboxylic acids is 2.